The fraction of sp³-hybridized carbons (Fsp3) is 0. The first-order valence-electron chi connectivity index (χ1n) is 5.45. The Morgan fingerprint density at radius 3 is 2.41 bits per heavy atom. The predicted molar refractivity (Wildman–Crippen MR) is 79.0 cm³/mol. The van der Waals surface area contributed by atoms with E-state index in [0.29, 0.717) is 0 Å². The van der Waals surface area contributed by atoms with Gasteiger partial charge in [-0.2, -0.15) is 0 Å². The number of nitrogens with zero attached hydrogens (tertiary/aromatic N) is 1. The molecule has 1 aliphatic heterocycles. The zero-order chi connectivity index (χ0) is 11.7. The number of aromatic nitrogens is 1. The van der Waals surface area contributed by atoms with Gasteiger partial charge >= 0.3 is 0 Å². The number of benzene rings is 1. The second-order valence-corrected chi connectivity index (χ2v) is 5.03. The monoisotopic (exact) mass is 331 g/mol. The van der Waals surface area contributed by atoms with Gasteiger partial charge in [-0.25, -0.2) is 4.98 Å². The van der Waals surface area contributed by atoms with Gasteiger partial charge in [0.15, 0.2) is 0 Å². The Bertz CT molecular complexity index is 603. The number of rotatable bonds is 1. The van der Waals surface area contributed by atoms with E-state index in [9.17, 15) is 0 Å². The van der Waals surface area contributed by atoms with Gasteiger partial charge in [0.05, 0.1) is 11.4 Å². The van der Waals surface area contributed by atoms with Gasteiger partial charge in [0.1, 0.15) is 0 Å². The van der Waals surface area contributed by atoms with Crippen molar-refractivity contribution in [1.82, 2.24) is 4.98 Å². The van der Waals surface area contributed by atoms with Crippen LogP contribution in [0.5, 0.6) is 0 Å². The lowest BCUT2D eigenvalue weighted by Crippen LogP contribution is -1.80. The van der Waals surface area contributed by atoms with Crippen molar-refractivity contribution in [2.45, 2.75) is 0 Å². The van der Waals surface area contributed by atoms with Crippen molar-refractivity contribution >= 4 is 22.6 Å². The minimum atomic E-state index is 1.05. The van der Waals surface area contributed by atoms with E-state index in [1.54, 1.807) is 0 Å². The first-order valence-corrected chi connectivity index (χ1v) is 6.53. The molecule has 2 aliphatic rings. The van der Waals surface area contributed by atoms with E-state index >= 15 is 0 Å². The molecule has 0 saturated heterocycles. The molecule has 0 unspecified atom stereocenters. The fourth-order valence-corrected chi connectivity index (χ4v) is 2.56. The van der Waals surface area contributed by atoms with E-state index < -0.39 is 0 Å². The molecule has 0 N–H and O–H groups in total. The Morgan fingerprint density at radius 2 is 1.53 bits per heavy atom. The summed E-state index contributed by atoms with van der Waals surface area (Å²) in [7, 11) is 0. The van der Waals surface area contributed by atoms with E-state index in [4.69, 9.17) is 0 Å². The molecule has 1 nitrogen and oxygen atoms in total. The summed E-state index contributed by atoms with van der Waals surface area (Å²) in [5, 5.41) is 0. The molecule has 0 atom stereocenters. The standard InChI is InChI=1S/C15H10IN/c16-13-8-5-4-7-12(13)15-10-11-6-2-1-3-9-14(11)17-15/h1-10H. The summed E-state index contributed by atoms with van der Waals surface area (Å²) in [5.41, 5.74) is 4.48. The molecule has 0 radical (unpaired) electrons. The molecule has 0 fully saturated rings. The summed E-state index contributed by atoms with van der Waals surface area (Å²) in [6, 6.07) is 20.7. The van der Waals surface area contributed by atoms with Crippen LogP contribution in [0.15, 0.2) is 60.7 Å². The van der Waals surface area contributed by atoms with Crippen LogP contribution in [0.4, 0.5) is 0 Å². The minimum absolute atomic E-state index is 1.05. The van der Waals surface area contributed by atoms with Crippen LogP contribution in [0.2, 0.25) is 0 Å². The number of hydrogen-bond acceptors (Lipinski definition) is 1. The van der Waals surface area contributed by atoms with Crippen molar-refractivity contribution in [3.05, 3.63) is 64.2 Å². The van der Waals surface area contributed by atoms with Gasteiger partial charge in [0, 0.05) is 14.7 Å². The van der Waals surface area contributed by atoms with Crippen molar-refractivity contribution in [3.8, 4) is 22.5 Å². The van der Waals surface area contributed by atoms with Crippen LogP contribution < -0.4 is 0 Å². The average molecular weight is 331 g/mol. The molecule has 0 saturated carbocycles. The van der Waals surface area contributed by atoms with Crippen LogP contribution in [-0.4, -0.2) is 4.98 Å². The predicted octanol–water partition coefficient (Wildman–Crippen LogP) is 4.46. The highest BCUT2D eigenvalue weighted by molar-refractivity contribution is 14.1. The van der Waals surface area contributed by atoms with Crippen LogP contribution in [0, 0.1) is 3.57 Å². The Morgan fingerprint density at radius 1 is 0.765 bits per heavy atom. The summed E-state index contributed by atoms with van der Waals surface area (Å²) < 4.78 is 1.23. The first kappa shape index (κ1) is 10.7. The maximum atomic E-state index is 4.68. The van der Waals surface area contributed by atoms with Gasteiger partial charge in [-0.05, 0) is 40.8 Å². The second-order valence-electron chi connectivity index (χ2n) is 3.87. The second kappa shape index (κ2) is 4.45. The quantitative estimate of drug-likeness (QED) is 0.600. The van der Waals surface area contributed by atoms with Crippen LogP contribution in [0.25, 0.3) is 22.5 Å². The van der Waals surface area contributed by atoms with Crippen molar-refractivity contribution in [1.29, 1.82) is 0 Å². The molecule has 1 aliphatic carbocycles. The van der Waals surface area contributed by atoms with E-state index in [-0.39, 0.29) is 0 Å². The maximum absolute atomic E-state index is 4.68. The zero-order valence-electron chi connectivity index (χ0n) is 9.10. The third kappa shape index (κ3) is 2.05. The first-order chi connectivity index (χ1) is 8.34. The Hall–Kier alpha value is -1.42. The Balaban J connectivity index is 2.21. The van der Waals surface area contributed by atoms with Crippen molar-refractivity contribution in [2.24, 2.45) is 0 Å². The van der Waals surface area contributed by atoms with E-state index in [1.807, 2.05) is 24.3 Å². The van der Waals surface area contributed by atoms with E-state index in [0.717, 1.165) is 11.4 Å². The number of hydrogen-bond donors (Lipinski definition) is 0. The third-order valence-electron chi connectivity index (χ3n) is 2.73. The molecule has 0 spiro atoms. The van der Waals surface area contributed by atoms with Gasteiger partial charge in [0.2, 0.25) is 0 Å². The molecule has 2 heteroatoms. The van der Waals surface area contributed by atoms with Crippen molar-refractivity contribution in [3.63, 3.8) is 0 Å². The average Bonchev–Trinajstić information content (AvgIpc) is 2.61. The molecule has 0 amide bonds. The third-order valence-corrected chi connectivity index (χ3v) is 3.67. The maximum Gasteiger partial charge on any atom is 0.0726 e. The highest BCUT2D eigenvalue weighted by Gasteiger charge is 2.10. The smallest absolute Gasteiger partial charge is 0.0726 e. The van der Waals surface area contributed by atoms with Crippen molar-refractivity contribution in [2.75, 3.05) is 0 Å². The van der Waals surface area contributed by atoms with Crippen LogP contribution in [0.3, 0.4) is 0 Å². The van der Waals surface area contributed by atoms with Crippen LogP contribution in [-0.2, 0) is 0 Å². The molecule has 1 aromatic rings. The molecule has 0 aromatic heterocycles. The molecular weight excluding hydrogens is 321 g/mol. The largest absolute Gasteiger partial charge is 0.248 e. The van der Waals surface area contributed by atoms with Gasteiger partial charge in [-0.1, -0.05) is 42.5 Å². The Labute approximate surface area is 114 Å². The number of halogens is 1. The highest BCUT2D eigenvalue weighted by atomic mass is 127. The minimum Gasteiger partial charge on any atom is -0.248 e. The van der Waals surface area contributed by atoms with Gasteiger partial charge < -0.3 is 0 Å². The van der Waals surface area contributed by atoms with E-state index in [1.165, 1.54) is 14.7 Å². The molecule has 3 rings (SSSR count). The van der Waals surface area contributed by atoms with Crippen molar-refractivity contribution < 1.29 is 0 Å². The zero-order valence-corrected chi connectivity index (χ0v) is 11.3. The molecule has 17 heavy (non-hydrogen) atoms. The van der Waals surface area contributed by atoms with Gasteiger partial charge in [-0.15, -0.1) is 0 Å². The molecule has 82 valence electrons. The lowest BCUT2D eigenvalue weighted by Gasteiger charge is -1.98. The van der Waals surface area contributed by atoms with Gasteiger partial charge in [-0.3, -0.25) is 0 Å². The fourth-order valence-electron chi connectivity index (χ4n) is 1.89. The summed E-state index contributed by atoms with van der Waals surface area (Å²) in [4.78, 5) is 4.68. The summed E-state index contributed by atoms with van der Waals surface area (Å²) in [6.07, 6.45) is 0. The topological polar surface area (TPSA) is 12.9 Å². The summed E-state index contributed by atoms with van der Waals surface area (Å²) in [6.45, 7) is 0. The van der Waals surface area contributed by atoms with Crippen LogP contribution in [0.1, 0.15) is 0 Å². The molecule has 0 bridgehead atoms. The molecule has 1 heterocycles. The summed E-state index contributed by atoms with van der Waals surface area (Å²) in [5.74, 6) is 0. The van der Waals surface area contributed by atoms with Crippen LogP contribution >= 0.6 is 22.6 Å². The number of fused-ring (bicyclic) bond motifs is 1. The molecular formula is C15H10IN. The lowest BCUT2D eigenvalue weighted by molar-refractivity contribution is 1.40. The summed E-state index contributed by atoms with van der Waals surface area (Å²) >= 11 is 2.35. The normalized spacial score (nSPS) is 10.6. The molecule has 1 aromatic carbocycles. The lowest BCUT2D eigenvalue weighted by atomic mass is 10.1. The Kier molecular flexibility index (Phi) is 2.81. The van der Waals surface area contributed by atoms with Gasteiger partial charge in [0.25, 0.3) is 0 Å². The SMILES string of the molecule is Ic1ccccc1-c1cc2cccccc-2n1. The van der Waals surface area contributed by atoms with E-state index in [2.05, 4.69) is 64.0 Å². The highest BCUT2D eigenvalue weighted by Crippen LogP contribution is 2.30.